The van der Waals surface area contributed by atoms with E-state index in [1.807, 2.05) is 0 Å². The quantitative estimate of drug-likeness (QED) is 0.897. The van der Waals surface area contributed by atoms with E-state index in [0.29, 0.717) is 12.0 Å². The van der Waals surface area contributed by atoms with Crippen molar-refractivity contribution < 1.29 is 9.18 Å². The van der Waals surface area contributed by atoms with Crippen molar-refractivity contribution in [3.05, 3.63) is 48.0 Å². The number of carbonyl (C=O) groups is 1. The van der Waals surface area contributed by atoms with E-state index in [-0.39, 0.29) is 11.4 Å². The summed E-state index contributed by atoms with van der Waals surface area (Å²) >= 11 is 0. The van der Waals surface area contributed by atoms with Gasteiger partial charge in [0.1, 0.15) is 11.5 Å². The van der Waals surface area contributed by atoms with E-state index in [2.05, 4.69) is 20.6 Å². The fraction of sp³-hybridized carbons (Fsp3) is 0.214. The lowest BCUT2D eigenvalue weighted by Crippen LogP contribution is -2.16. The first-order valence-electron chi connectivity index (χ1n) is 6.38. The molecule has 1 heterocycles. The van der Waals surface area contributed by atoms with Crippen molar-refractivity contribution in [3.63, 3.8) is 0 Å². The molecule has 1 aliphatic rings. The van der Waals surface area contributed by atoms with Crippen molar-refractivity contribution >= 4 is 17.5 Å². The Morgan fingerprint density at radius 1 is 1.25 bits per heavy atom. The van der Waals surface area contributed by atoms with Gasteiger partial charge in [-0.3, -0.25) is 4.79 Å². The van der Waals surface area contributed by atoms with E-state index in [0.717, 1.165) is 12.8 Å². The van der Waals surface area contributed by atoms with Crippen molar-refractivity contribution in [2.24, 2.45) is 0 Å². The van der Waals surface area contributed by atoms with Gasteiger partial charge in [-0.05, 0) is 31.0 Å². The number of aromatic nitrogens is 2. The van der Waals surface area contributed by atoms with Gasteiger partial charge in [-0.1, -0.05) is 12.1 Å². The summed E-state index contributed by atoms with van der Waals surface area (Å²) in [5, 5.41) is 5.60. The zero-order chi connectivity index (χ0) is 13.9. The largest absolute Gasteiger partial charge is 0.351 e. The molecule has 0 spiro atoms. The van der Waals surface area contributed by atoms with Gasteiger partial charge < -0.3 is 10.6 Å². The van der Waals surface area contributed by atoms with Gasteiger partial charge in [0.2, 0.25) is 5.95 Å². The Labute approximate surface area is 115 Å². The van der Waals surface area contributed by atoms with Crippen LogP contribution in [0.3, 0.4) is 0 Å². The number of halogens is 1. The second kappa shape index (κ2) is 5.24. The van der Waals surface area contributed by atoms with Gasteiger partial charge >= 0.3 is 0 Å². The number of hydrogen-bond donors (Lipinski definition) is 2. The summed E-state index contributed by atoms with van der Waals surface area (Å²) in [6.07, 6.45) is 3.69. The van der Waals surface area contributed by atoms with Gasteiger partial charge in [-0.2, -0.15) is 0 Å². The Kier molecular flexibility index (Phi) is 3.28. The molecule has 0 unspecified atom stereocenters. The molecule has 0 bridgehead atoms. The summed E-state index contributed by atoms with van der Waals surface area (Å²) in [6.45, 7) is 0. The number of rotatable bonds is 4. The maximum atomic E-state index is 13.5. The molecule has 1 amide bonds. The fourth-order valence-electron chi connectivity index (χ4n) is 1.71. The third kappa shape index (κ3) is 2.90. The number of hydrogen-bond acceptors (Lipinski definition) is 4. The topological polar surface area (TPSA) is 66.9 Å². The van der Waals surface area contributed by atoms with Crippen molar-refractivity contribution in [1.29, 1.82) is 0 Å². The first-order valence-corrected chi connectivity index (χ1v) is 6.38. The van der Waals surface area contributed by atoms with Crippen LogP contribution < -0.4 is 10.6 Å². The molecule has 1 aromatic heterocycles. The number of carbonyl (C=O) groups excluding carboxylic acids is 1. The number of nitrogens with one attached hydrogen (secondary N) is 2. The summed E-state index contributed by atoms with van der Waals surface area (Å²) in [5.41, 5.74) is 0.333. The zero-order valence-corrected chi connectivity index (χ0v) is 10.6. The maximum Gasteiger partial charge on any atom is 0.274 e. The van der Waals surface area contributed by atoms with Gasteiger partial charge in [0.05, 0.1) is 5.69 Å². The van der Waals surface area contributed by atoms with Gasteiger partial charge in [-0.15, -0.1) is 0 Å². The molecule has 20 heavy (non-hydrogen) atoms. The molecule has 1 fully saturated rings. The minimum absolute atomic E-state index is 0.132. The lowest BCUT2D eigenvalue weighted by atomic mass is 10.3. The summed E-state index contributed by atoms with van der Waals surface area (Å²) < 4.78 is 13.5. The summed E-state index contributed by atoms with van der Waals surface area (Å²) in [5.74, 6) is -0.517. The molecule has 0 saturated heterocycles. The van der Waals surface area contributed by atoms with Crippen LogP contribution >= 0.6 is 0 Å². The van der Waals surface area contributed by atoms with Crippen LogP contribution in [-0.4, -0.2) is 21.9 Å². The minimum atomic E-state index is -0.480. The van der Waals surface area contributed by atoms with Crippen LogP contribution in [0.25, 0.3) is 0 Å². The molecule has 1 saturated carbocycles. The normalized spacial score (nSPS) is 13.8. The second-order valence-corrected chi connectivity index (χ2v) is 4.62. The van der Waals surface area contributed by atoms with Crippen LogP contribution in [0.1, 0.15) is 23.3 Å². The van der Waals surface area contributed by atoms with Gasteiger partial charge in [0.25, 0.3) is 5.91 Å². The average molecular weight is 272 g/mol. The monoisotopic (exact) mass is 272 g/mol. The summed E-state index contributed by atoms with van der Waals surface area (Å²) in [4.78, 5) is 20.2. The first-order chi connectivity index (χ1) is 9.72. The lowest BCUT2D eigenvalue weighted by Gasteiger charge is -2.07. The number of nitrogens with zero attached hydrogens (tertiary/aromatic N) is 2. The smallest absolute Gasteiger partial charge is 0.274 e. The van der Waals surface area contributed by atoms with Crippen molar-refractivity contribution in [2.75, 3.05) is 10.6 Å². The van der Waals surface area contributed by atoms with E-state index < -0.39 is 11.7 Å². The van der Waals surface area contributed by atoms with Crippen molar-refractivity contribution in [3.8, 4) is 0 Å². The van der Waals surface area contributed by atoms with E-state index in [9.17, 15) is 9.18 Å². The van der Waals surface area contributed by atoms with Crippen LogP contribution in [0, 0.1) is 5.82 Å². The zero-order valence-electron chi connectivity index (χ0n) is 10.6. The predicted octanol–water partition coefficient (Wildman–Crippen LogP) is 2.44. The standard InChI is InChI=1S/C14H13FN4O/c15-10-3-1-2-4-11(10)18-13(20)12-7-8-16-14(19-12)17-9-5-6-9/h1-4,7-9H,5-6H2,(H,18,20)(H,16,17,19). The average Bonchev–Trinajstić information content (AvgIpc) is 3.25. The molecular weight excluding hydrogens is 259 g/mol. The maximum absolute atomic E-state index is 13.5. The number of benzene rings is 1. The van der Waals surface area contributed by atoms with Gasteiger partial charge in [-0.25, -0.2) is 14.4 Å². The van der Waals surface area contributed by atoms with E-state index in [1.165, 1.54) is 24.4 Å². The predicted molar refractivity (Wildman–Crippen MR) is 73.0 cm³/mol. The molecule has 0 aliphatic heterocycles. The molecule has 5 nitrogen and oxygen atoms in total. The van der Waals surface area contributed by atoms with Crippen molar-refractivity contribution in [2.45, 2.75) is 18.9 Å². The highest BCUT2D eigenvalue weighted by molar-refractivity contribution is 6.03. The van der Waals surface area contributed by atoms with E-state index in [4.69, 9.17) is 0 Å². The summed E-state index contributed by atoms with van der Waals surface area (Å²) in [6, 6.07) is 7.90. The second-order valence-electron chi connectivity index (χ2n) is 4.62. The molecule has 6 heteroatoms. The Balaban J connectivity index is 1.74. The molecule has 0 radical (unpaired) electrons. The molecule has 2 N–H and O–H groups in total. The molecular formula is C14H13FN4O. The molecule has 2 aromatic rings. The Bertz CT molecular complexity index is 643. The highest BCUT2D eigenvalue weighted by atomic mass is 19.1. The van der Waals surface area contributed by atoms with Crippen LogP contribution in [0.15, 0.2) is 36.5 Å². The highest BCUT2D eigenvalue weighted by Crippen LogP contribution is 2.22. The third-order valence-corrected chi connectivity index (χ3v) is 2.92. The van der Waals surface area contributed by atoms with Crippen LogP contribution in [0.4, 0.5) is 16.0 Å². The van der Waals surface area contributed by atoms with Crippen molar-refractivity contribution in [1.82, 2.24) is 9.97 Å². The molecule has 102 valence electrons. The van der Waals surface area contributed by atoms with Crippen LogP contribution in [0.2, 0.25) is 0 Å². The summed E-state index contributed by atoms with van der Waals surface area (Å²) in [7, 11) is 0. The third-order valence-electron chi connectivity index (χ3n) is 2.92. The van der Waals surface area contributed by atoms with Gasteiger partial charge in [0, 0.05) is 12.2 Å². The molecule has 3 rings (SSSR count). The number of amides is 1. The van der Waals surface area contributed by atoms with Crippen LogP contribution in [0.5, 0.6) is 0 Å². The van der Waals surface area contributed by atoms with E-state index >= 15 is 0 Å². The Hall–Kier alpha value is -2.50. The van der Waals surface area contributed by atoms with E-state index in [1.54, 1.807) is 12.1 Å². The first kappa shape index (κ1) is 12.5. The SMILES string of the molecule is O=C(Nc1ccccc1F)c1ccnc(NC2CC2)n1. The molecule has 0 atom stereocenters. The molecule has 1 aromatic carbocycles. The Morgan fingerprint density at radius 2 is 2.05 bits per heavy atom. The number of anilines is 2. The van der Waals surface area contributed by atoms with Gasteiger partial charge in [0.15, 0.2) is 0 Å². The number of para-hydroxylation sites is 1. The van der Waals surface area contributed by atoms with Crippen LogP contribution in [-0.2, 0) is 0 Å². The molecule has 1 aliphatic carbocycles. The minimum Gasteiger partial charge on any atom is -0.351 e. The highest BCUT2D eigenvalue weighted by Gasteiger charge is 2.22. The Morgan fingerprint density at radius 3 is 2.80 bits per heavy atom. The fourth-order valence-corrected chi connectivity index (χ4v) is 1.71. The lowest BCUT2D eigenvalue weighted by molar-refractivity contribution is 0.102.